The first-order valence-corrected chi connectivity index (χ1v) is 10.2. The topological polar surface area (TPSA) is 105 Å². The molecule has 1 aromatic rings. The zero-order valence-electron chi connectivity index (χ0n) is 16.1. The normalized spacial score (nSPS) is 24.2. The molecule has 2 aliphatic heterocycles. The number of carbonyl (C=O) groups is 3. The van der Waals surface area contributed by atoms with Gasteiger partial charge in [-0.25, -0.2) is 0 Å². The Labute approximate surface area is 165 Å². The molecule has 1 aliphatic carbocycles. The van der Waals surface area contributed by atoms with Gasteiger partial charge in [-0.15, -0.1) is 0 Å². The largest absolute Gasteiger partial charge is 0.324 e. The predicted molar refractivity (Wildman–Crippen MR) is 104 cm³/mol. The van der Waals surface area contributed by atoms with Gasteiger partial charge in [0.25, 0.3) is 5.91 Å². The molecule has 0 bridgehead atoms. The van der Waals surface area contributed by atoms with Crippen LogP contribution in [0, 0.1) is 0 Å². The molecule has 7 nitrogen and oxygen atoms in total. The van der Waals surface area contributed by atoms with Gasteiger partial charge >= 0.3 is 0 Å². The predicted octanol–water partition coefficient (Wildman–Crippen LogP) is 1.20. The summed E-state index contributed by atoms with van der Waals surface area (Å²) in [5.41, 5.74) is 9.07. The molecule has 4 rings (SSSR count). The molecule has 2 heterocycles. The molecule has 1 aromatic carbocycles. The highest BCUT2D eigenvalue weighted by atomic mass is 16.2. The van der Waals surface area contributed by atoms with E-state index in [0.717, 1.165) is 30.5 Å². The lowest BCUT2D eigenvalue weighted by Gasteiger charge is -2.33. The van der Waals surface area contributed by atoms with Crippen molar-refractivity contribution in [2.45, 2.75) is 69.6 Å². The van der Waals surface area contributed by atoms with Gasteiger partial charge in [-0.1, -0.05) is 31.4 Å². The SMILES string of the molecule is NC1(CNCc2ccc3c(c2)CN(C2CCC(=O)NC2=O)C3=O)CCCCC1. The van der Waals surface area contributed by atoms with E-state index in [1.165, 1.54) is 19.3 Å². The van der Waals surface area contributed by atoms with Crippen molar-refractivity contribution >= 4 is 17.7 Å². The fraction of sp³-hybridized carbons (Fsp3) is 0.571. The van der Waals surface area contributed by atoms with E-state index in [2.05, 4.69) is 10.6 Å². The van der Waals surface area contributed by atoms with Crippen molar-refractivity contribution in [1.82, 2.24) is 15.5 Å². The van der Waals surface area contributed by atoms with Crippen molar-refractivity contribution in [3.63, 3.8) is 0 Å². The number of nitrogens with one attached hydrogen (secondary N) is 2. The number of imide groups is 1. The number of amides is 3. The average molecular weight is 384 g/mol. The molecule has 28 heavy (non-hydrogen) atoms. The average Bonchev–Trinajstić information content (AvgIpc) is 2.98. The first kappa shape index (κ1) is 19.1. The van der Waals surface area contributed by atoms with Gasteiger partial charge in [-0.3, -0.25) is 19.7 Å². The number of nitrogens with zero attached hydrogens (tertiary/aromatic N) is 1. The number of nitrogens with two attached hydrogens (primary N) is 1. The van der Waals surface area contributed by atoms with Crippen LogP contribution in [-0.4, -0.2) is 40.7 Å². The number of benzene rings is 1. The lowest BCUT2D eigenvalue weighted by Crippen LogP contribution is -2.52. The Balaban J connectivity index is 1.38. The van der Waals surface area contributed by atoms with E-state index in [9.17, 15) is 14.4 Å². The second-order valence-corrected chi connectivity index (χ2v) is 8.42. The number of carbonyl (C=O) groups excluding carboxylic acids is 3. The Kier molecular flexibility index (Phi) is 5.21. The molecule has 2 fully saturated rings. The molecule has 1 saturated carbocycles. The smallest absolute Gasteiger partial charge is 0.255 e. The van der Waals surface area contributed by atoms with Crippen LogP contribution in [0.15, 0.2) is 18.2 Å². The second-order valence-electron chi connectivity index (χ2n) is 8.42. The molecule has 3 amide bonds. The third kappa shape index (κ3) is 3.82. The van der Waals surface area contributed by atoms with Crippen molar-refractivity contribution in [2.75, 3.05) is 6.54 Å². The Bertz CT molecular complexity index is 801. The Morgan fingerprint density at radius 1 is 1.18 bits per heavy atom. The Morgan fingerprint density at radius 2 is 1.96 bits per heavy atom. The summed E-state index contributed by atoms with van der Waals surface area (Å²) in [4.78, 5) is 37.8. The summed E-state index contributed by atoms with van der Waals surface area (Å²) in [6, 6.07) is 5.28. The molecule has 150 valence electrons. The summed E-state index contributed by atoms with van der Waals surface area (Å²) >= 11 is 0. The third-order valence-corrected chi connectivity index (χ3v) is 6.24. The maximum atomic E-state index is 12.7. The van der Waals surface area contributed by atoms with Crippen LogP contribution in [0.3, 0.4) is 0 Å². The molecular weight excluding hydrogens is 356 g/mol. The summed E-state index contributed by atoms with van der Waals surface area (Å²) in [5, 5.41) is 5.81. The first-order chi connectivity index (χ1) is 13.5. The van der Waals surface area contributed by atoms with E-state index in [1.807, 2.05) is 18.2 Å². The molecule has 0 radical (unpaired) electrons. The van der Waals surface area contributed by atoms with Gasteiger partial charge < -0.3 is 16.0 Å². The van der Waals surface area contributed by atoms with Gasteiger partial charge in [-0.05, 0) is 36.5 Å². The number of rotatable bonds is 5. The maximum Gasteiger partial charge on any atom is 0.255 e. The number of piperidine rings is 1. The van der Waals surface area contributed by atoms with Crippen LogP contribution in [0.4, 0.5) is 0 Å². The van der Waals surface area contributed by atoms with Crippen LogP contribution in [0.1, 0.15) is 66.4 Å². The van der Waals surface area contributed by atoms with Gasteiger partial charge in [0.2, 0.25) is 11.8 Å². The molecule has 3 aliphatic rings. The molecule has 0 spiro atoms. The fourth-order valence-electron chi connectivity index (χ4n) is 4.63. The third-order valence-electron chi connectivity index (χ3n) is 6.24. The Hall–Kier alpha value is -2.25. The van der Waals surface area contributed by atoms with E-state index in [0.29, 0.717) is 25.1 Å². The van der Waals surface area contributed by atoms with E-state index >= 15 is 0 Å². The van der Waals surface area contributed by atoms with Crippen molar-refractivity contribution in [3.05, 3.63) is 34.9 Å². The fourth-order valence-corrected chi connectivity index (χ4v) is 4.63. The molecule has 7 heteroatoms. The summed E-state index contributed by atoms with van der Waals surface area (Å²) in [5.74, 6) is -0.776. The highest BCUT2D eigenvalue weighted by Gasteiger charge is 2.39. The van der Waals surface area contributed by atoms with Crippen molar-refractivity contribution < 1.29 is 14.4 Å². The van der Waals surface area contributed by atoms with Crippen LogP contribution in [-0.2, 0) is 22.7 Å². The van der Waals surface area contributed by atoms with E-state index in [4.69, 9.17) is 5.73 Å². The summed E-state index contributed by atoms with van der Waals surface area (Å²) in [6.07, 6.45) is 6.48. The zero-order valence-corrected chi connectivity index (χ0v) is 16.1. The standard InChI is InChI=1S/C21H28N4O3/c22-21(8-2-1-3-9-21)13-23-11-14-4-5-16-15(10-14)12-25(20(16)28)17-6-7-18(26)24-19(17)27/h4-5,10,17,23H,1-3,6-9,11-13,22H2,(H,24,26,27). The highest BCUT2D eigenvalue weighted by Crippen LogP contribution is 2.28. The van der Waals surface area contributed by atoms with E-state index < -0.39 is 6.04 Å². The summed E-state index contributed by atoms with van der Waals surface area (Å²) in [6.45, 7) is 1.92. The maximum absolute atomic E-state index is 12.7. The van der Waals surface area contributed by atoms with E-state index in [-0.39, 0.29) is 29.7 Å². The van der Waals surface area contributed by atoms with Crippen molar-refractivity contribution in [2.24, 2.45) is 5.73 Å². The van der Waals surface area contributed by atoms with Crippen molar-refractivity contribution in [1.29, 1.82) is 0 Å². The molecule has 1 unspecified atom stereocenters. The quantitative estimate of drug-likeness (QED) is 0.662. The summed E-state index contributed by atoms with van der Waals surface area (Å²) in [7, 11) is 0. The van der Waals surface area contributed by atoms with Gasteiger partial charge in [0.15, 0.2) is 0 Å². The van der Waals surface area contributed by atoms with Gasteiger partial charge in [0, 0.05) is 37.2 Å². The highest BCUT2D eigenvalue weighted by molar-refractivity contribution is 6.05. The van der Waals surface area contributed by atoms with Crippen LogP contribution in [0.5, 0.6) is 0 Å². The lowest BCUT2D eigenvalue weighted by molar-refractivity contribution is -0.136. The molecule has 1 atom stereocenters. The van der Waals surface area contributed by atoms with Crippen LogP contribution < -0.4 is 16.4 Å². The Morgan fingerprint density at radius 3 is 2.71 bits per heavy atom. The second kappa shape index (κ2) is 7.64. The van der Waals surface area contributed by atoms with Crippen molar-refractivity contribution in [3.8, 4) is 0 Å². The van der Waals surface area contributed by atoms with Crippen LogP contribution in [0.2, 0.25) is 0 Å². The zero-order chi connectivity index (χ0) is 19.7. The molecular formula is C21H28N4O3. The monoisotopic (exact) mass is 384 g/mol. The molecule has 0 aromatic heterocycles. The van der Waals surface area contributed by atoms with Gasteiger partial charge in [-0.2, -0.15) is 0 Å². The van der Waals surface area contributed by atoms with E-state index in [1.54, 1.807) is 4.90 Å². The minimum atomic E-state index is -0.567. The minimum Gasteiger partial charge on any atom is -0.324 e. The molecule has 4 N–H and O–H groups in total. The molecule has 1 saturated heterocycles. The van der Waals surface area contributed by atoms with Crippen LogP contribution >= 0.6 is 0 Å². The van der Waals surface area contributed by atoms with Crippen LogP contribution in [0.25, 0.3) is 0 Å². The number of hydrogen-bond donors (Lipinski definition) is 3. The minimum absolute atomic E-state index is 0.104. The lowest BCUT2D eigenvalue weighted by atomic mass is 9.82. The first-order valence-electron chi connectivity index (χ1n) is 10.2. The summed E-state index contributed by atoms with van der Waals surface area (Å²) < 4.78 is 0. The number of fused-ring (bicyclic) bond motifs is 1. The number of hydrogen-bond acceptors (Lipinski definition) is 5. The van der Waals surface area contributed by atoms with Gasteiger partial charge in [0.1, 0.15) is 6.04 Å². The van der Waals surface area contributed by atoms with Gasteiger partial charge in [0.05, 0.1) is 0 Å².